The van der Waals surface area contributed by atoms with E-state index in [0.29, 0.717) is 35.1 Å². The Bertz CT molecular complexity index is 1200. The van der Waals surface area contributed by atoms with E-state index in [1.54, 1.807) is 18.2 Å². The predicted molar refractivity (Wildman–Crippen MR) is 111 cm³/mol. The molecule has 3 aromatic rings. The number of benzene rings is 2. The fourth-order valence-corrected chi connectivity index (χ4v) is 3.61. The van der Waals surface area contributed by atoms with Gasteiger partial charge in [0.1, 0.15) is 24.1 Å². The molecule has 1 aliphatic heterocycles. The van der Waals surface area contributed by atoms with Gasteiger partial charge < -0.3 is 19.9 Å². The van der Waals surface area contributed by atoms with Crippen molar-refractivity contribution < 1.29 is 18.6 Å². The lowest BCUT2D eigenvalue weighted by Gasteiger charge is -2.24. The van der Waals surface area contributed by atoms with Crippen molar-refractivity contribution in [1.82, 2.24) is 10.2 Å². The highest BCUT2D eigenvalue weighted by Gasteiger charge is 2.34. The van der Waals surface area contributed by atoms with Crippen molar-refractivity contribution in [2.45, 2.75) is 26.4 Å². The Kier molecular flexibility index (Phi) is 5.50. The summed E-state index contributed by atoms with van der Waals surface area (Å²) in [4.78, 5) is 0. The number of ether oxygens (including phenoxy) is 3. The van der Waals surface area contributed by atoms with Gasteiger partial charge in [-0.2, -0.15) is 5.26 Å². The minimum absolute atomic E-state index is 0.0240. The molecule has 3 N–H and O–H groups in total. The number of nitrogens with two attached hydrogens (primary N) is 1. The molecule has 7 nitrogen and oxygen atoms in total. The molecule has 0 unspecified atom stereocenters. The molecule has 0 saturated heterocycles. The number of aromatic nitrogens is 2. The normalized spacial score (nSPS) is 15.1. The Hall–Kier alpha value is -3.99. The quantitative estimate of drug-likeness (QED) is 0.623. The van der Waals surface area contributed by atoms with Crippen LogP contribution in [0.4, 0.5) is 4.39 Å². The lowest BCUT2D eigenvalue weighted by Crippen LogP contribution is -2.21. The summed E-state index contributed by atoms with van der Waals surface area (Å²) < 4.78 is 30.6. The summed E-state index contributed by atoms with van der Waals surface area (Å²) in [6.45, 7) is 4.34. The summed E-state index contributed by atoms with van der Waals surface area (Å²) in [7, 11) is 0. The zero-order chi connectivity index (χ0) is 22.0. The third-order valence-corrected chi connectivity index (χ3v) is 5.01. The first-order valence-electron chi connectivity index (χ1n) is 9.78. The molecule has 0 bridgehead atoms. The Morgan fingerprint density at radius 1 is 1.23 bits per heavy atom. The number of hydrogen-bond donors (Lipinski definition) is 2. The van der Waals surface area contributed by atoms with E-state index in [4.69, 9.17) is 19.9 Å². The number of aryl methyl sites for hydroxylation is 1. The van der Waals surface area contributed by atoms with Crippen LogP contribution in [0.2, 0.25) is 0 Å². The molecule has 1 aromatic heterocycles. The Morgan fingerprint density at radius 2 is 2.06 bits per heavy atom. The van der Waals surface area contributed by atoms with Gasteiger partial charge in [-0.3, -0.25) is 5.10 Å². The molecule has 4 rings (SSSR count). The van der Waals surface area contributed by atoms with Crippen molar-refractivity contribution in [2.24, 2.45) is 5.73 Å². The molecule has 8 heteroatoms. The number of halogens is 1. The standard InChI is InChI=1S/C23H21FN4O3/c1-3-29-19-10-15(7-8-18(19)30-12-14-5-4-6-16(24)9-14)21-17(11-25)22(26)31-23-20(21)13(2)27-28-23/h4-10,21H,3,12,26H2,1-2H3,(H,27,28)/t21-/m1/s1. The molecule has 1 aliphatic rings. The number of nitrogens with one attached hydrogen (secondary N) is 1. The van der Waals surface area contributed by atoms with E-state index in [1.165, 1.54) is 12.1 Å². The molecule has 0 aliphatic carbocycles. The van der Waals surface area contributed by atoms with Crippen molar-refractivity contribution in [3.05, 3.63) is 82.1 Å². The zero-order valence-corrected chi connectivity index (χ0v) is 17.1. The maximum Gasteiger partial charge on any atom is 0.244 e. The summed E-state index contributed by atoms with van der Waals surface area (Å²) in [5.74, 6) is 0.631. The average Bonchev–Trinajstić information content (AvgIpc) is 3.12. The number of aromatic amines is 1. The summed E-state index contributed by atoms with van der Waals surface area (Å²) in [6.07, 6.45) is 0. The number of rotatable bonds is 6. The number of hydrogen-bond acceptors (Lipinski definition) is 6. The van der Waals surface area contributed by atoms with Crippen LogP contribution in [0.1, 0.15) is 35.2 Å². The monoisotopic (exact) mass is 420 g/mol. The van der Waals surface area contributed by atoms with Crippen LogP contribution in [-0.4, -0.2) is 16.8 Å². The minimum atomic E-state index is -0.455. The fraction of sp³-hybridized carbons (Fsp3) is 0.217. The maximum absolute atomic E-state index is 13.4. The van der Waals surface area contributed by atoms with Crippen LogP contribution in [0.15, 0.2) is 53.9 Å². The SMILES string of the molecule is CCOc1cc([C@@H]2C(C#N)=C(N)Oc3n[nH]c(C)c32)ccc1OCc1cccc(F)c1. The molecule has 158 valence electrons. The first kappa shape index (κ1) is 20.3. The van der Waals surface area contributed by atoms with Gasteiger partial charge in [0, 0.05) is 11.3 Å². The second-order valence-electron chi connectivity index (χ2n) is 7.05. The highest BCUT2D eigenvalue weighted by Crippen LogP contribution is 2.44. The van der Waals surface area contributed by atoms with Gasteiger partial charge in [0.25, 0.3) is 0 Å². The second kappa shape index (κ2) is 8.40. The largest absolute Gasteiger partial charge is 0.490 e. The van der Waals surface area contributed by atoms with Crippen LogP contribution in [0.25, 0.3) is 0 Å². The van der Waals surface area contributed by atoms with Gasteiger partial charge in [-0.1, -0.05) is 18.2 Å². The van der Waals surface area contributed by atoms with Crippen LogP contribution in [0.3, 0.4) is 0 Å². The smallest absolute Gasteiger partial charge is 0.244 e. The highest BCUT2D eigenvalue weighted by atomic mass is 19.1. The van der Waals surface area contributed by atoms with Crippen molar-refractivity contribution in [2.75, 3.05) is 6.61 Å². The first-order chi connectivity index (χ1) is 15.0. The van der Waals surface area contributed by atoms with Crippen molar-refractivity contribution in [3.63, 3.8) is 0 Å². The molecule has 0 spiro atoms. The van der Waals surface area contributed by atoms with E-state index in [2.05, 4.69) is 16.3 Å². The van der Waals surface area contributed by atoms with Gasteiger partial charge in [-0.15, -0.1) is 5.10 Å². The molecule has 1 atom stereocenters. The van der Waals surface area contributed by atoms with Gasteiger partial charge in [0.2, 0.25) is 11.8 Å². The van der Waals surface area contributed by atoms with Gasteiger partial charge >= 0.3 is 0 Å². The van der Waals surface area contributed by atoms with E-state index >= 15 is 0 Å². The summed E-state index contributed by atoms with van der Waals surface area (Å²) in [6, 6.07) is 13.8. The Balaban J connectivity index is 1.70. The molecular weight excluding hydrogens is 399 g/mol. The molecule has 0 radical (unpaired) electrons. The van der Waals surface area contributed by atoms with Gasteiger partial charge in [-0.25, -0.2) is 4.39 Å². The van der Waals surface area contributed by atoms with Crippen LogP contribution >= 0.6 is 0 Å². The van der Waals surface area contributed by atoms with Crippen LogP contribution < -0.4 is 19.9 Å². The van der Waals surface area contributed by atoms with Crippen LogP contribution in [-0.2, 0) is 6.61 Å². The second-order valence-corrected chi connectivity index (χ2v) is 7.05. The van der Waals surface area contributed by atoms with Crippen molar-refractivity contribution in [3.8, 4) is 23.4 Å². The number of nitriles is 1. The van der Waals surface area contributed by atoms with Crippen LogP contribution in [0, 0.1) is 24.1 Å². The first-order valence-corrected chi connectivity index (χ1v) is 9.78. The lowest BCUT2D eigenvalue weighted by atomic mass is 9.84. The average molecular weight is 420 g/mol. The predicted octanol–water partition coefficient (Wildman–Crippen LogP) is 4.05. The molecular formula is C23H21FN4O3. The number of H-pyrrole nitrogens is 1. The number of allylic oxidation sites excluding steroid dienone is 1. The fourth-order valence-electron chi connectivity index (χ4n) is 3.61. The van der Waals surface area contributed by atoms with Gasteiger partial charge in [0.15, 0.2) is 11.5 Å². The third kappa shape index (κ3) is 3.90. The van der Waals surface area contributed by atoms with Gasteiger partial charge in [0.05, 0.1) is 12.5 Å². The molecule has 0 amide bonds. The van der Waals surface area contributed by atoms with Gasteiger partial charge in [-0.05, 0) is 49.2 Å². The Morgan fingerprint density at radius 3 is 2.81 bits per heavy atom. The van der Waals surface area contributed by atoms with Crippen molar-refractivity contribution in [1.29, 1.82) is 5.26 Å². The summed E-state index contributed by atoms with van der Waals surface area (Å²) in [5.41, 5.74) is 9.31. The Labute approximate surface area is 178 Å². The van der Waals surface area contributed by atoms with Crippen LogP contribution in [0.5, 0.6) is 17.4 Å². The molecule has 31 heavy (non-hydrogen) atoms. The van der Waals surface area contributed by atoms with E-state index in [1.807, 2.05) is 26.0 Å². The topological polar surface area (TPSA) is 106 Å². The lowest BCUT2D eigenvalue weighted by molar-refractivity contribution is 0.268. The molecule has 2 aromatic carbocycles. The van der Waals surface area contributed by atoms with E-state index < -0.39 is 5.92 Å². The minimum Gasteiger partial charge on any atom is -0.490 e. The molecule has 0 saturated carbocycles. The maximum atomic E-state index is 13.4. The van der Waals surface area contributed by atoms with Crippen molar-refractivity contribution >= 4 is 0 Å². The van der Waals surface area contributed by atoms with E-state index in [9.17, 15) is 9.65 Å². The summed E-state index contributed by atoms with van der Waals surface area (Å²) in [5, 5.41) is 16.7. The molecule has 0 fully saturated rings. The third-order valence-electron chi connectivity index (χ3n) is 5.01. The highest BCUT2D eigenvalue weighted by molar-refractivity contribution is 5.57. The zero-order valence-electron chi connectivity index (χ0n) is 17.1. The van der Waals surface area contributed by atoms with E-state index in [0.717, 1.165) is 16.8 Å². The molecule has 2 heterocycles. The number of nitrogens with zero attached hydrogens (tertiary/aromatic N) is 2. The summed E-state index contributed by atoms with van der Waals surface area (Å²) >= 11 is 0. The number of fused-ring (bicyclic) bond motifs is 1. The van der Waals surface area contributed by atoms with E-state index in [-0.39, 0.29) is 18.3 Å².